The van der Waals surface area contributed by atoms with Crippen molar-refractivity contribution in [2.45, 2.75) is 19.4 Å². The number of nitrogens with zero attached hydrogens (tertiary/aromatic N) is 1. The summed E-state index contributed by atoms with van der Waals surface area (Å²) in [6.45, 7) is 2.10. The second-order valence-corrected chi connectivity index (χ2v) is 6.20. The molecule has 0 saturated carbocycles. The Bertz CT molecular complexity index is 783. The Morgan fingerprint density at radius 1 is 1.10 bits per heavy atom. The van der Waals surface area contributed by atoms with Crippen molar-refractivity contribution < 1.29 is 0 Å². The van der Waals surface area contributed by atoms with E-state index in [2.05, 4.69) is 59.3 Å². The average Bonchev–Trinajstić information content (AvgIpc) is 2.46. The Kier molecular flexibility index (Phi) is 4.04. The smallest absolute Gasteiger partial charge is 0.0723 e. The second kappa shape index (κ2) is 5.96. The summed E-state index contributed by atoms with van der Waals surface area (Å²) in [4.78, 5) is 4.72. The maximum absolute atomic E-state index is 6.38. The first-order chi connectivity index (χ1) is 10.1. The van der Waals surface area contributed by atoms with Crippen molar-refractivity contribution in [1.29, 1.82) is 0 Å². The number of benzene rings is 2. The highest BCUT2D eigenvalue weighted by Crippen LogP contribution is 2.26. The van der Waals surface area contributed by atoms with Crippen LogP contribution in [0.1, 0.15) is 22.9 Å². The van der Waals surface area contributed by atoms with Gasteiger partial charge in [0.2, 0.25) is 0 Å². The maximum atomic E-state index is 6.38. The lowest BCUT2D eigenvalue weighted by Crippen LogP contribution is -2.15. The first kappa shape index (κ1) is 14.2. The summed E-state index contributed by atoms with van der Waals surface area (Å²) < 4.78 is 0.973. The van der Waals surface area contributed by atoms with Crippen LogP contribution >= 0.6 is 15.9 Å². The molecule has 21 heavy (non-hydrogen) atoms. The van der Waals surface area contributed by atoms with Gasteiger partial charge in [0.25, 0.3) is 0 Å². The third kappa shape index (κ3) is 3.14. The number of nitrogens with two attached hydrogens (primary N) is 1. The van der Waals surface area contributed by atoms with Crippen molar-refractivity contribution in [3.8, 4) is 0 Å². The molecule has 3 heteroatoms. The summed E-state index contributed by atoms with van der Waals surface area (Å²) in [6.07, 6.45) is 0.783. The van der Waals surface area contributed by atoms with Crippen LogP contribution in [0, 0.1) is 6.92 Å². The number of rotatable bonds is 3. The summed E-state index contributed by atoms with van der Waals surface area (Å²) >= 11 is 3.60. The minimum atomic E-state index is -0.120. The Balaban J connectivity index is 1.93. The van der Waals surface area contributed by atoms with Gasteiger partial charge in [-0.3, -0.25) is 0 Å². The van der Waals surface area contributed by atoms with E-state index in [4.69, 9.17) is 10.7 Å². The lowest BCUT2D eigenvalue weighted by atomic mass is 10.0. The van der Waals surface area contributed by atoms with Crippen LogP contribution in [0.15, 0.2) is 59.1 Å². The summed E-state index contributed by atoms with van der Waals surface area (Å²) in [7, 11) is 0. The van der Waals surface area contributed by atoms with E-state index in [-0.39, 0.29) is 6.04 Å². The van der Waals surface area contributed by atoms with Crippen molar-refractivity contribution >= 4 is 26.8 Å². The molecule has 0 amide bonds. The third-order valence-electron chi connectivity index (χ3n) is 3.59. The molecule has 3 rings (SSSR count). The van der Waals surface area contributed by atoms with E-state index in [1.54, 1.807) is 0 Å². The normalized spacial score (nSPS) is 12.5. The predicted octanol–water partition coefficient (Wildman–Crippen LogP) is 4.55. The van der Waals surface area contributed by atoms with Crippen LogP contribution in [0.4, 0.5) is 0 Å². The van der Waals surface area contributed by atoms with E-state index in [0.717, 1.165) is 27.5 Å². The number of halogens is 1. The third-order valence-corrected chi connectivity index (χ3v) is 4.23. The molecule has 1 atom stereocenters. The molecule has 3 aromatic rings. The van der Waals surface area contributed by atoms with Crippen molar-refractivity contribution in [2.24, 2.45) is 5.73 Å². The van der Waals surface area contributed by atoms with Crippen LogP contribution in [0.3, 0.4) is 0 Å². The van der Waals surface area contributed by atoms with Gasteiger partial charge in [0.05, 0.1) is 17.3 Å². The van der Waals surface area contributed by atoms with Gasteiger partial charge >= 0.3 is 0 Å². The Hall–Kier alpha value is -1.71. The van der Waals surface area contributed by atoms with E-state index in [9.17, 15) is 0 Å². The summed E-state index contributed by atoms with van der Waals surface area (Å²) in [5.41, 5.74) is 10.8. The second-order valence-electron chi connectivity index (χ2n) is 5.35. The lowest BCUT2D eigenvalue weighted by molar-refractivity contribution is 0.696. The van der Waals surface area contributed by atoms with E-state index >= 15 is 0 Å². The molecule has 106 valence electrons. The van der Waals surface area contributed by atoms with Crippen molar-refractivity contribution in [1.82, 2.24) is 4.98 Å². The van der Waals surface area contributed by atoms with E-state index in [1.807, 2.05) is 18.2 Å². The molecule has 0 aliphatic heterocycles. The molecule has 2 nitrogen and oxygen atoms in total. The van der Waals surface area contributed by atoms with Crippen LogP contribution in [0.25, 0.3) is 10.9 Å². The topological polar surface area (TPSA) is 38.9 Å². The van der Waals surface area contributed by atoms with Crippen molar-refractivity contribution in [3.05, 3.63) is 75.9 Å². The number of para-hydroxylation sites is 1. The van der Waals surface area contributed by atoms with E-state index < -0.39 is 0 Å². The first-order valence-corrected chi connectivity index (χ1v) is 7.79. The van der Waals surface area contributed by atoms with Gasteiger partial charge in [0.1, 0.15) is 0 Å². The molecule has 1 unspecified atom stereocenters. The summed E-state index contributed by atoms with van der Waals surface area (Å²) in [5, 5.41) is 1.12. The van der Waals surface area contributed by atoms with E-state index in [1.165, 1.54) is 11.1 Å². The van der Waals surface area contributed by atoms with Gasteiger partial charge in [-0.2, -0.15) is 0 Å². The monoisotopic (exact) mass is 340 g/mol. The standard InChI is InChI=1S/C18H17BrN2/c1-12-5-4-6-13(9-12)10-16(20)18-15(19)11-14-7-2-3-8-17(14)21-18/h2-9,11,16H,10,20H2,1H3. The number of fused-ring (bicyclic) bond motifs is 1. The van der Waals surface area contributed by atoms with Crippen molar-refractivity contribution in [3.63, 3.8) is 0 Å². The van der Waals surface area contributed by atoms with Gasteiger partial charge in [0.15, 0.2) is 0 Å². The van der Waals surface area contributed by atoms with Gasteiger partial charge in [-0.05, 0) is 47.0 Å². The van der Waals surface area contributed by atoms with Gasteiger partial charge in [0, 0.05) is 9.86 Å². The maximum Gasteiger partial charge on any atom is 0.0723 e. The van der Waals surface area contributed by atoms with Crippen LogP contribution in [-0.2, 0) is 6.42 Å². The largest absolute Gasteiger partial charge is 0.322 e. The first-order valence-electron chi connectivity index (χ1n) is 7.00. The molecule has 1 aromatic heterocycles. The Labute approximate surface area is 133 Å². The SMILES string of the molecule is Cc1cccc(CC(N)c2nc3ccccc3cc2Br)c1. The number of aryl methyl sites for hydroxylation is 1. The van der Waals surface area contributed by atoms with Gasteiger partial charge in [-0.1, -0.05) is 48.0 Å². The zero-order valence-electron chi connectivity index (χ0n) is 11.9. The molecule has 0 bridgehead atoms. The highest BCUT2D eigenvalue weighted by molar-refractivity contribution is 9.10. The highest BCUT2D eigenvalue weighted by atomic mass is 79.9. The minimum Gasteiger partial charge on any atom is -0.322 e. The fourth-order valence-corrected chi connectivity index (χ4v) is 3.18. The molecule has 0 spiro atoms. The number of aromatic nitrogens is 1. The number of hydrogen-bond donors (Lipinski definition) is 1. The molecule has 0 aliphatic rings. The lowest BCUT2D eigenvalue weighted by Gasteiger charge is -2.14. The molecule has 2 N–H and O–H groups in total. The van der Waals surface area contributed by atoms with Crippen LogP contribution in [0.2, 0.25) is 0 Å². The average molecular weight is 341 g/mol. The van der Waals surface area contributed by atoms with Crippen LogP contribution in [0.5, 0.6) is 0 Å². The molecule has 0 radical (unpaired) electrons. The molecular weight excluding hydrogens is 324 g/mol. The van der Waals surface area contributed by atoms with Gasteiger partial charge < -0.3 is 5.73 Å². The molecule has 1 heterocycles. The molecule has 0 saturated heterocycles. The quantitative estimate of drug-likeness (QED) is 0.759. The van der Waals surface area contributed by atoms with Gasteiger partial charge in [-0.25, -0.2) is 4.98 Å². The van der Waals surface area contributed by atoms with Gasteiger partial charge in [-0.15, -0.1) is 0 Å². The number of hydrogen-bond acceptors (Lipinski definition) is 2. The van der Waals surface area contributed by atoms with Crippen molar-refractivity contribution in [2.75, 3.05) is 0 Å². The Morgan fingerprint density at radius 2 is 1.90 bits per heavy atom. The molecule has 0 aliphatic carbocycles. The highest BCUT2D eigenvalue weighted by Gasteiger charge is 2.13. The molecule has 0 fully saturated rings. The zero-order chi connectivity index (χ0) is 14.8. The minimum absolute atomic E-state index is 0.120. The fraction of sp³-hybridized carbons (Fsp3) is 0.167. The fourth-order valence-electron chi connectivity index (χ4n) is 2.55. The predicted molar refractivity (Wildman–Crippen MR) is 91.3 cm³/mol. The van der Waals surface area contributed by atoms with E-state index in [0.29, 0.717) is 0 Å². The number of pyridine rings is 1. The summed E-state index contributed by atoms with van der Waals surface area (Å²) in [6, 6.07) is 18.5. The zero-order valence-corrected chi connectivity index (χ0v) is 13.5. The Morgan fingerprint density at radius 3 is 2.71 bits per heavy atom. The molecular formula is C18H17BrN2. The van der Waals surface area contributed by atoms with Crippen LogP contribution < -0.4 is 5.73 Å². The molecule has 2 aromatic carbocycles. The van der Waals surface area contributed by atoms with Crippen LogP contribution in [-0.4, -0.2) is 4.98 Å². The summed E-state index contributed by atoms with van der Waals surface area (Å²) in [5.74, 6) is 0.